The van der Waals surface area contributed by atoms with E-state index < -0.39 is 0 Å². The maximum absolute atomic E-state index is 10.2. The summed E-state index contributed by atoms with van der Waals surface area (Å²) in [4.78, 5) is 10.2. The summed E-state index contributed by atoms with van der Waals surface area (Å²) in [5.74, 6) is 0.488. The monoisotopic (exact) mass is 195 g/mol. The number of phenols is 1. The number of ketones is 1. The summed E-state index contributed by atoms with van der Waals surface area (Å²) in [7, 11) is 0. The minimum Gasteiger partial charge on any atom is -0.506 e. The van der Waals surface area contributed by atoms with Crippen molar-refractivity contribution in [1.29, 1.82) is 0 Å². The Morgan fingerprint density at radius 3 is 2.00 bits per heavy atom. The van der Waals surface area contributed by atoms with Crippen molar-refractivity contribution in [2.24, 2.45) is 0 Å². The van der Waals surface area contributed by atoms with Crippen molar-refractivity contribution in [2.75, 3.05) is 5.73 Å². The highest BCUT2D eigenvalue weighted by Gasteiger charge is 1.88. The van der Waals surface area contributed by atoms with Crippen LogP contribution in [0, 0.1) is 0 Å². The molecule has 0 saturated carbocycles. The molecule has 3 nitrogen and oxygen atoms in total. The van der Waals surface area contributed by atoms with Crippen molar-refractivity contribution >= 4 is 11.5 Å². The van der Waals surface area contributed by atoms with Gasteiger partial charge in [0.15, 0.2) is 0 Å². The first-order valence-corrected chi connectivity index (χ1v) is 4.67. The van der Waals surface area contributed by atoms with E-state index in [4.69, 9.17) is 10.8 Å². The highest BCUT2D eigenvalue weighted by atomic mass is 16.3. The molecule has 0 aromatic heterocycles. The lowest BCUT2D eigenvalue weighted by Gasteiger charge is -1.92. The Morgan fingerprint density at radius 1 is 1.29 bits per heavy atom. The van der Waals surface area contributed by atoms with Crippen LogP contribution in [0.3, 0.4) is 0 Å². The number of rotatable bonds is 2. The average Bonchev–Trinajstić information content (AvgIpc) is 2.22. The highest BCUT2D eigenvalue weighted by molar-refractivity contribution is 5.77. The quantitative estimate of drug-likeness (QED) is 0.562. The molecule has 0 radical (unpaired) electrons. The predicted octanol–water partition coefficient (Wildman–Crippen LogP) is 2.35. The smallest absolute Gasteiger partial charge is 0.138 e. The van der Waals surface area contributed by atoms with Crippen LogP contribution in [-0.2, 0) is 4.79 Å². The molecular weight excluding hydrogens is 178 g/mol. The van der Waals surface area contributed by atoms with Gasteiger partial charge >= 0.3 is 0 Å². The molecule has 0 saturated heterocycles. The molecule has 0 fully saturated rings. The van der Waals surface area contributed by atoms with E-state index in [2.05, 4.69) is 0 Å². The number of carbonyl (C=O) groups is 1. The molecule has 1 rings (SSSR count). The summed E-state index contributed by atoms with van der Waals surface area (Å²) in [5.41, 5.74) is 5.69. The molecule has 0 amide bonds. The van der Waals surface area contributed by atoms with Crippen LogP contribution in [0.15, 0.2) is 24.3 Å². The van der Waals surface area contributed by atoms with E-state index in [1.807, 2.05) is 13.8 Å². The first kappa shape index (κ1) is 12.5. The molecule has 0 aliphatic rings. The minimum absolute atomic E-state index is 0.146. The van der Waals surface area contributed by atoms with Crippen molar-refractivity contribution in [3.8, 4) is 5.75 Å². The van der Waals surface area contributed by atoms with Crippen LogP contribution in [0.4, 0.5) is 5.69 Å². The number of hydrogen-bond donors (Lipinski definition) is 2. The Bertz CT molecular complexity index is 257. The third kappa shape index (κ3) is 5.19. The molecule has 0 heterocycles. The van der Waals surface area contributed by atoms with Gasteiger partial charge in [-0.15, -0.1) is 0 Å². The Kier molecular flexibility index (Phi) is 6.20. The molecule has 1 aromatic carbocycles. The largest absolute Gasteiger partial charge is 0.506 e. The summed E-state index contributed by atoms with van der Waals surface area (Å²) in [6.07, 6.45) is 1.38. The lowest BCUT2D eigenvalue weighted by Crippen LogP contribution is -1.88. The van der Waals surface area contributed by atoms with Crippen molar-refractivity contribution in [2.45, 2.75) is 26.7 Å². The van der Waals surface area contributed by atoms with Gasteiger partial charge in [0.2, 0.25) is 0 Å². The van der Waals surface area contributed by atoms with Gasteiger partial charge in [-0.2, -0.15) is 0 Å². The number of Topliss-reactive ketones (excluding diaryl/α,β-unsaturated/α-hetero) is 1. The van der Waals surface area contributed by atoms with E-state index in [9.17, 15) is 4.79 Å². The number of nitrogen functional groups attached to an aromatic ring is 1. The van der Waals surface area contributed by atoms with E-state index >= 15 is 0 Å². The fraction of sp³-hybridized carbons (Fsp3) is 0.364. The van der Waals surface area contributed by atoms with Gasteiger partial charge in [-0.1, -0.05) is 26.0 Å². The first-order chi connectivity index (χ1) is 6.61. The number of para-hydroxylation sites is 2. The summed E-state index contributed by atoms with van der Waals surface area (Å²) < 4.78 is 0. The number of anilines is 1. The van der Waals surface area contributed by atoms with Crippen molar-refractivity contribution in [3.05, 3.63) is 24.3 Å². The van der Waals surface area contributed by atoms with Gasteiger partial charge < -0.3 is 10.8 Å². The number of hydrogen-bond acceptors (Lipinski definition) is 3. The zero-order valence-corrected chi connectivity index (χ0v) is 8.66. The Morgan fingerprint density at radius 2 is 1.79 bits per heavy atom. The summed E-state index contributed by atoms with van der Waals surface area (Å²) in [6.45, 7) is 3.76. The van der Waals surface area contributed by atoms with E-state index in [0.29, 0.717) is 24.3 Å². The highest BCUT2D eigenvalue weighted by Crippen LogP contribution is 2.16. The number of phenolic OH excluding ortho intramolecular Hbond substituents is 1. The number of benzene rings is 1. The van der Waals surface area contributed by atoms with Crippen LogP contribution in [0.25, 0.3) is 0 Å². The van der Waals surface area contributed by atoms with Crippen LogP contribution in [-0.4, -0.2) is 10.9 Å². The van der Waals surface area contributed by atoms with Crippen LogP contribution in [0.1, 0.15) is 26.7 Å². The second-order valence-corrected chi connectivity index (χ2v) is 2.80. The fourth-order valence-electron chi connectivity index (χ4n) is 0.738. The van der Waals surface area contributed by atoms with Gasteiger partial charge in [-0.05, 0) is 12.1 Å². The Hall–Kier alpha value is -1.51. The zero-order valence-electron chi connectivity index (χ0n) is 8.66. The third-order valence-electron chi connectivity index (χ3n) is 1.73. The SMILES string of the molecule is CCC(=O)CC.Nc1ccccc1O. The number of nitrogens with two attached hydrogens (primary N) is 1. The molecule has 0 spiro atoms. The van der Waals surface area contributed by atoms with E-state index in [1.54, 1.807) is 24.3 Å². The van der Waals surface area contributed by atoms with Gasteiger partial charge in [0.25, 0.3) is 0 Å². The topological polar surface area (TPSA) is 63.3 Å². The lowest BCUT2D eigenvalue weighted by molar-refractivity contribution is -0.118. The van der Waals surface area contributed by atoms with E-state index in [-0.39, 0.29) is 5.75 Å². The normalized spacial score (nSPS) is 8.71. The van der Waals surface area contributed by atoms with E-state index in [1.165, 1.54) is 0 Å². The van der Waals surface area contributed by atoms with Gasteiger partial charge in [0.05, 0.1) is 5.69 Å². The van der Waals surface area contributed by atoms with Crippen LogP contribution in [0.5, 0.6) is 5.75 Å². The van der Waals surface area contributed by atoms with Crippen LogP contribution < -0.4 is 5.73 Å². The lowest BCUT2D eigenvalue weighted by atomic mass is 10.3. The molecule has 0 atom stereocenters. The minimum atomic E-state index is 0.146. The molecule has 14 heavy (non-hydrogen) atoms. The maximum Gasteiger partial charge on any atom is 0.138 e. The number of carbonyl (C=O) groups excluding carboxylic acids is 1. The van der Waals surface area contributed by atoms with Crippen molar-refractivity contribution in [1.82, 2.24) is 0 Å². The van der Waals surface area contributed by atoms with Crippen molar-refractivity contribution in [3.63, 3.8) is 0 Å². The Balaban J connectivity index is 0.000000255. The molecule has 78 valence electrons. The number of aromatic hydroxyl groups is 1. The molecule has 0 aliphatic heterocycles. The van der Waals surface area contributed by atoms with Gasteiger partial charge in [-0.25, -0.2) is 0 Å². The standard InChI is InChI=1S/C6H7NO.C5H10O/c7-5-3-1-2-4-6(5)8;1-3-5(6)4-2/h1-4,8H,7H2;3-4H2,1-2H3. The maximum atomic E-state index is 10.2. The predicted molar refractivity (Wildman–Crippen MR) is 58.1 cm³/mol. The molecule has 0 bridgehead atoms. The fourth-order valence-corrected chi connectivity index (χ4v) is 0.738. The molecule has 1 aromatic rings. The van der Waals surface area contributed by atoms with Gasteiger partial charge in [-0.3, -0.25) is 4.79 Å². The molecule has 3 heteroatoms. The summed E-state index contributed by atoms with van der Waals surface area (Å²) in [6, 6.07) is 6.70. The molecular formula is C11H17NO2. The summed E-state index contributed by atoms with van der Waals surface area (Å²) >= 11 is 0. The Labute approximate surface area is 84.6 Å². The molecule has 3 N–H and O–H groups in total. The van der Waals surface area contributed by atoms with Gasteiger partial charge in [0, 0.05) is 12.8 Å². The van der Waals surface area contributed by atoms with E-state index in [0.717, 1.165) is 0 Å². The van der Waals surface area contributed by atoms with Crippen molar-refractivity contribution < 1.29 is 9.90 Å². The van der Waals surface area contributed by atoms with Crippen LogP contribution >= 0.6 is 0 Å². The van der Waals surface area contributed by atoms with Crippen LogP contribution in [0.2, 0.25) is 0 Å². The second-order valence-electron chi connectivity index (χ2n) is 2.80. The molecule has 0 unspecified atom stereocenters. The summed E-state index contributed by atoms with van der Waals surface area (Å²) in [5, 5.41) is 8.79. The second kappa shape index (κ2) is 6.95. The zero-order chi connectivity index (χ0) is 11.0. The molecule has 0 aliphatic carbocycles. The average molecular weight is 195 g/mol. The third-order valence-corrected chi connectivity index (χ3v) is 1.73. The first-order valence-electron chi connectivity index (χ1n) is 4.67. The van der Waals surface area contributed by atoms with Gasteiger partial charge in [0.1, 0.15) is 11.5 Å².